The Balaban J connectivity index is 2.42. The molecule has 1 heterocycles. The van der Waals surface area contributed by atoms with Gasteiger partial charge in [-0.05, 0) is 19.1 Å². The summed E-state index contributed by atoms with van der Waals surface area (Å²) in [7, 11) is 1.79. The number of aromatic nitrogens is 3. The highest BCUT2D eigenvalue weighted by Crippen LogP contribution is 2.25. The highest BCUT2D eigenvalue weighted by Gasteiger charge is 2.11. The van der Waals surface area contributed by atoms with Gasteiger partial charge in [-0.1, -0.05) is 23.7 Å². The molecule has 1 aromatic heterocycles. The first-order valence-corrected chi connectivity index (χ1v) is 5.39. The van der Waals surface area contributed by atoms with Crippen LogP contribution in [-0.2, 0) is 7.05 Å². The molecule has 2 aromatic rings. The number of rotatable bonds is 3. The largest absolute Gasteiger partial charge is 0.464 e. The maximum atomic E-state index is 6.07. The second-order valence-corrected chi connectivity index (χ2v) is 3.66. The fourth-order valence-electron chi connectivity index (χ4n) is 1.38. The molecule has 0 amide bonds. The lowest BCUT2D eigenvalue weighted by Gasteiger charge is -1.97. The van der Waals surface area contributed by atoms with E-state index >= 15 is 0 Å². The fraction of sp³-hybridized carbons (Fsp3) is 0.273. The van der Waals surface area contributed by atoms with Crippen molar-refractivity contribution in [1.82, 2.24) is 14.8 Å². The number of hydrogen-bond acceptors (Lipinski definition) is 3. The lowest BCUT2D eigenvalue weighted by molar-refractivity contribution is 0.297. The molecule has 0 bridgehead atoms. The first kappa shape index (κ1) is 11.0. The minimum Gasteiger partial charge on any atom is -0.464 e. The van der Waals surface area contributed by atoms with E-state index in [9.17, 15) is 0 Å². The van der Waals surface area contributed by atoms with E-state index in [1.807, 2.05) is 31.2 Å². The summed E-state index contributed by atoms with van der Waals surface area (Å²) in [6.07, 6.45) is 0. The van der Waals surface area contributed by atoms with Gasteiger partial charge in [0.25, 0.3) is 0 Å². The standard InChI is InChI=1S/C11H12ClN3O/c1-3-16-11-13-10(14-15(11)2)8-6-4-5-7-9(8)12/h4-7H,3H2,1-2H3. The summed E-state index contributed by atoms with van der Waals surface area (Å²) in [4.78, 5) is 4.28. The molecule has 5 heteroatoms. The van der Waals surface area contributed by atoms with Crippen LogP contribution in [-0.4, -0.2) is 21.4 Å². The third kappa shape index (κ3) is 2.02. The van der Waals surface area contributed by atoms with Crippen LogP contribution in [0.2, 0.25) is 5.02 Å². The molecule has 16 heavy (non-hydrogen) atoms. The molecule has 4 nitrogen and oxygen atoms in total. The summed E-state index contributed by atoms with van der Waals surface area (Å²) >= 11 is 6.07. The summed E-state index contributed by atoms with van der Waals surface area (Å²) in [5.74, 6) is 0.580. The zero-order valence-corrected chi connectivity index (χ0v) is 9.90. The maximum absolute atomic E-state index is 6.07. The zero-order chi connectivity index (χ0) is 11.5. The van der Waals surface area contributed by atoms with Gasteiger partial charge in [0.15, 0.2) is 5.82 Å². The Bertz CT molecular complexity index is 496. The van der Waals surface area contributed by atoms with Gasteiger partial charge in [0.05, 0.1) is 11.6 Å². The SMILES string of the molecule is CCOc1nc(-c2ccccc2Cl)nn1C. The summed E-state index contributed by atoms with van der Waals surface area (Å²) in [5, 5.41) is 4.89. The zero-order valence-electron chi connectivity index (χ0n) is 9.14. The summed E-state index contributed by atoms with van der Waals surface area (Å²) in [6, 6.07) is 7.97. The second-order valence-electron chi connectivity index (χ2n) is 3.25. The molecule has 1 aromatic carbocycles. The van der Waals surface area contributed by atoms with Crippen LogP contribution in [0.5, 0.6) is 6.01 Å². The lowest BCUT2D eigenvalue weighted by Crippen LogP contribution is -1.99. The molecular weight excluding hydrogens is 226 g/mol. The van der Waals surface area contributed by atoms with Crippen molar-refractivity contribution in [3.63, 3.8) is 0 Å². The van der Waals surface area contributed by atoms with Crippen LogP contribution in [0.15, 0.2) is 24.3 Å². The van der Waals surface area contributed by atoms with Crippen LogP contribution in [0.1, 0.15) is 6.92 Å². The van der Waals surface area contributed by atoms with E-state index in [1.54, 1.807) is 11.7 Å². The first-order valence-electron chi connectivity index (χ1n) is 5.01. The Morgan fingerprint density at radius 2 is 2.12 bits per heavy atom. The third-order valence-electron chi connectivity index (χ3n) is 2.11. The smallest absolute Gasteiger partial charge is 0.315 e. The van der Waals surface area contributed by atoms with Gasteiger partial charge < -0.3 is 4.74 Å². The quantitative estimate of drug-likeness (QED) is 0.824. The van der Waals surface area contributed by atoms with Crippen molar-refractivity contribution in [1.29, 1.82) is 0 Å². The normalized spacial score (nSPS) is 10.4. The molecule has 0 saturated heterocycles. The minimum absolute atomic E-state index is 0.498. The summed E-state index contributed by atoms with van der Waals surface area (Å²) in [5.41, 5.74) is 0.811. The second kappa shape index (κ2) is 4.53. The summed E-state index contributed by atoms with van der Waals surface area (Å²) in [6.45, 7) is 2.47. The van der Waals surface area contributed by atoms with Gasteiger partial charge in [-0.3, -0.25) is 0 Å². The van der Waals surface area contributed by atoms with E-state index in [4.69, 9.17) is 16.3 Å². The van der Waals surface area contributed by atoms with E-state index in [0.717, 1.165) is 5.56 Å². The molecule has 0 atom stereocenters. The molecule has 0 radical (unpaired) electrons. The van der Waals surface area contributed by atoms with Gasteiger partial charge >= 0.3 is 6.01 Å². The number of nitrogens with zero attached hydrogens (tertiary/aromatic N) is 3. The van der Waals surface area contributed by atoms with E-state index in [2.05, 4.69) is 10.1 Å². The number of halogens is 1. The highest BCUT2D eigenvalue weighted by atomic mass is 35.5. The van der Waals surface area contributed by atoms with Gasteiger partial charge in [0.1, 0.15) is 0 Å². The monoisotopic (exact) mass is 237 g/mol. The Morgan fingerprint density at radius 3 is 2.81 bits per heavy atom. The molecule has 84 valence electrons. The predicted octanol–water partition coefficient (Wildman–Crippen LogP) is 2.53. The molecule has 0 aliphatic rings. The van der Waals surface area contributed by atoms with Crippen molar-refractivity contribution in [2.75, 3.05) is 6.61 Å². The van der Waals surface area contributed by atoms with E-state index < -0.39 is 0 Å². The Kier molecular flexibility index (Phi) is 3.10. The van der Waals surface area contributed by atoms with Gasteiger partial charge in [0.2, 0.25) is 0 Å². The number of ether oxygens (including phenoxy) is 1. The molecule has 0 aliphatic carbocycles. The summed E-state index contributed by atoms with van der Waals surface area (Å²) < 4.78 is 6.92. The molecular formula is C11H12ClN3O. The van der Waals surface area contributed by atoms with Crippen molar-refractivity contribution in [3.05, 3.63) is 29.3 Å². The van der Waals surface area contributed by atoms with Crippen LogP contribution in [0.4, 0.5) is 0 Å². The maximum Gasteiger partial charge on any atom is 0.315 e. The topological polar surface area (TPSA) is 39.9 Å². The number of aryl methyl sites for hydroxylation is 1. The van der Waals surface area contributed by atoms with Gasteiger partial charge in [-0.25, -0.2) is 4.68 Å². The molecule has 2 rings (SSSR count). The first-order chi connectivity index (χ1) is 7.72. The average Bonchev–Trinajstić information content (AvgIpc) is 2.61. The molecule has 0 unspecified atom stereocenters. The number of hydrogen-bond donors (Lipinski definition) is 0. The molecule has 0 aliphatic heterocycles. The fourth-order valence-corrected chi connectivity index (χ4v) is 1.60. The Hall–Kier alpha value is -1.55. The van der Waals surface area contributed by atoms with Crippen LogP contribution in [0, 0.1) is 0 Å². The van der Waals surface area contributed by atoms with Gasteiger partial charge in [-0.2, -0.15) is 4.98 Å². The molecule has 0 saturated carbocycles. The predicted molar refractivity (Wildman–Crippen MR) is 62.6 cm³/mol. The number of benzene rings is 1. The van der Waals surface area contributed by atoms with Crippen molar-refractivity contribution in [2.45, 2.75) is 6.92 Å². The van der Waals surface area contributed by atoms with E-state index in [1.165, 1.54) is 0 Å². The Labute approximate surface area is 98.8 Å². The third-order valence-corrected chi connectivity index (χ3v) is 2.44. The van der Waals surface area contributed by atoms with Gasteiger partial charge in [0, 0.05) is 12.6 Å². The average molecular weight is 238 g/mol. The molecule has 0 fully saturated rings. The van der Waals surface area contributed by atoms with E-state index in [-0.39, 0.29) is 0 Å². The highest BCUT2D eigenvalue weighted by molar-refractivity contribution is 6.33. The van der Waals surface area contributed by atoms with Crippen molar-refractivity contribution >= 4 is 11.6 Å². The van der Waals surface area contributed by atoms with Crippen molar-refractivity contribution < 1.29 is 4.74 Å². The van der Waals surface area contributed by atoms with Crippen molar-refractivity contribution in [3.8, 4) is 17.4 Å². The van der Waals surface area contributed by atoms with E-state index in [0.29, 0.717) is 23.5 Å². The van der Waals surface area contributed by atoms with Crippen LogP contribution in [0.3, 0.4) is 0 Å². The van der Waals surface area contributed by atoms with Crippen LogP contribution >= 0.6 is 11.6 Å². The van der Waals surface area contributed by atoms with Crippen molar-refractivity contribution in [2.24, 2.45) is 7.05 Å². The minimum atomic E-state index is 0.498. The van der Waals surface area contributed by atoms with Crippen LogP contribution in [0.25, 0.3) is 11.4 Å². The van der Waals surface area contributed by atoms with Gasteiger partial charge in [-0.15, -0.1) is 5.10 Å². The van der Waals surface area contributed by atoms with Crippen LogP contribution < -0.4 is 4.74 Å². The Morgan fingerprint density at radius 1 is 1.38 bits per heavy atom. The molecule has 0 spiro atoms. The molecule has 0 N–H and O–H groups in total. The lowest BCUT2D eigenvalue weighted by atomic mass is 10.2.